The lowest BCUT2D eigenvalue weighted by Crippen LogP contribution is -2.43. The van der Waals surface area contributed by atoms with Crippen LogP contribution in [0.3, 0.4) is 0 Å². The van der Waals surface area contributed by atoms with E-state index < -0.39 is 10.8 Å². The van der Waals surface area contributed by atoms with Crippen LogP contribution in [0.4, 0.5) is 11.8 Å². The molecule has 0 bridgehead atoms. The number of aryl methyl sites for hydroxylation is 1. The number of rotatable bonds is 6. The molecular weight excluding hydrogens is 408 g/mol. The highest BCUT2D eigenvalue weighted by molar-refractivity contribution is 7.85. The first kappa shape index (κ1) is 21.8. The minimum absolute atomic E-state index is 0.0100. The summed E-state index contributed by atoms with van der Waals surface area (Å²) < 4.78 is 12.6. The van der Waals surface area contributed by atoms with Crippen LogP contribution in [0.1, 0.15) is 37.9 Å². The minimum Gasteiger partial charge on any atom is -0.394 e. The number of aromatic nitrogens is 2. The van der Waals surface area contributed by atoms with Crippen molar-refractivity contribution >= 4 is 22.6 Å². The van der Waals surface area contributed by atoms with E-state index >= 15 is 0 Å². The van der Waals surface area contributed by atoms with Gasteiger partial charge in [0.1, 0.15) is 10.7 Å². The van der Waals surface area contributed by atoms with Crippen LogP contribution in [-0.2, 0) is 22.6 Å². The van der Waals surface area contributed by atoms with Crippen molar-refractivity contribution in [1.29, 1.82) is 0 Å². The fraction of sp³-hybridized carbons (Fsp3) is 0.500. The lowest BCUT2D eigenvalue weighted by atomic mass is 9.73. The molecule has 2 atom stereocenters. The Bertz CT molecular complexity index is 995. The average molecular weight is 439 g/mol. The van der Waals surface area contributed by atoms with Crippen LogP contribution in [0.25, 0.3) is 0 Å². The summed E-state index contributed by atoms with van der Waals surface area (Å²) in [6, 6.07) is 10.2. The summed E-state index contributed by atoms with van der Waals surface area (Å²) >= 11 is 0. The molecule has 1 aromatic carbocycles. The van der Waals surface area contributed by atoms with Crippen LogP contribution in [-0.4, -0.2) is 50.8 Å². The second-order valence-electron chi connectivity index (χ2n) is 8.70. The molecule has 1 saturated heterocycles. The topological polar surface area (TPSA) is 78.3 Å². The van der Waals surface area contributed by atoms with Gasteiger partial charge >= 0.3 is 0 Å². The molecule has 1 unspecified atom stereocenters. The van der Waals surface area contributed by atoms with E-state index in [1.807, 2.05) is 32.0 Å². The summed E-state index contributed by atoms with van der Waals surface area (Å²) in [6.07, 6.45) is 8.34. The molecule has 2 aromatic rings. The Morgan fingerprint density at radius 2 is 1.97 bits per heavy atom. The van der Waals surface area contributed by atoms with Gasteiger partial charge < -0.3 is 15.3 Å². The monoisotopic (exact) mass is 438 g/mol. The number of nitrogens with one attached hydrogen (secondary N) is 1. The van der Waals surface area contributed by atoms with Crippen LogP contribution >= 0.6 is 0 Å². The first-order chi connectivity index (χ1) is 15.0. The van der Waals surface area contributed by atoms with Crippen molar-refractivity contribution in [2.45, 2.75) is 49.5 Å². The first-order valence-corrected chi connectivity index (χ1v) is 12.2. The van der Waals surface area contributed by atoms with Gasteiger partial charge in [-0.3, -0.25) is 4.21 Å². The van der Waals surface area contributed by atoms with Crippen LogP contribution < -0.4 is 10.2 Å². The summed E-state index contributed by atoms with van der Waals surface area (Å²) in [5.41, 5.74) is 1.77. The third-order valence-electron chi connectivity index (χ3n) is 6.50. The highest BCUT2D eigenvalue weighted by Crippen LogP contribution is 2.37. The zero-order chi connectivity index (χ0) is 22.0. The minimum atomic E-state index is -1.11. The maximum atomic E-state index is 12.6. The number of nitrogens with zero attached hydrogens (tertiary/aromatic N) is 3. The Morgan fingerprint density at radius 1 is 1.26 bits per heavy atom. The Balaban J connectivity index is 1.60. The molecule has 3 heterocycles. The lowest BCUT2D eigenvalue weighted by Gasteiger charge is -2.39. The SMILES string of the molecule is C#CC1(c2ccccc2)CCN(c2nc3c(c(N[C@@H](CO)C(C)C)n2)S(=O)CC3)CC1. The van der Waals surface area contributed by atoms with E-state index in [0.29, 0.717) is 28.8 Å². The van der Waals surface area contributed by atoms with E-state index in [2.05, 4.69) is 28.3 Å². The quantitative estimate of drug-likeness (QED) is 0.676. The largest absolute Gasteiger partial charge is 0.394 e. The fourth-order valence-electron chi connectivity index (χ4n) is 4.38. The van der Waals surface area contributed by atoms with Crippen molar-refractivity contribution in [3.05, 3.63) is 41.6 Å². The van der Waals surface area contributed by atoms with Gasteiger partial charge in [-0.1, -0.05) is 50.1 Å². The van der Waals surface area contributed by atoms with Crippen molar-refractivity contribution in [1.82, 2.24) is 9.97 Å². The molecule has 4 rings (SSSR count). The van der Waals surface area contributed by atoms with Gasteiger partial charge in [0.2, 0.25) is 5.95 Å². The van der Waals surface area contributed by atoms with Crippen molar-refractivity contribution < 1.29 is 9.32 Å². The molecule has 0 saturated carbocycles. The molecule has 0 spiro atoms. The highest BCUT2D eigenvalue weighted by atomic mass is 32.2. The number of terminal acetylenes is 1. The molecule has 0 amide bonds. The maximum absolute atomic E-state index is 12.6. The highest BCUT2D eigenvalue weighted by Gasteiger charge is 2.36. The number of fused-ring (bicyclic) bond motifs is 1. The van der Waals surface area contributed by atoms with Gasteiger partial charge in [0.25, 0.3) is 0 Å². The summed E-state index contributed by atoms with van der Waals surface area (Å²) in [5, 5.41) is 13.1. The third kappa shape index (κ3) is 4.19. The predicted octanol–water partition coefficient (Wildman–Crippen LogP) is 2.74. The average Bonchev–Trinajstić information content (AvgIpc) is 3.18. The van der Waals surface area contributed by atoms with Crippen LogP contribution in [0.5, 0.6) is 0 Å². The van der Waals surface area contributed by atoms with E-state index in [0.717, 1.165) is 31.6 Å². The van der Waals surface area contributed by atoms with Crippen LogP contribution in [0.15, 0.2) is 35.2 Å². The predicted molar refractivity (Wildman–Crippen MR) is 125 cm³/mol. The number of hydrogen-bond donors (Lipinski definition) is 2. The summed E-state index contributed by atoms with van der Waals surface area (Å²) in [6.45, 7) is 5.59. The number of benzene rings is 1. The maximum Gasteiger partial charge on any atom is 0.227 e. The standard InChI is InChI=1S/C24H30N4O2S/c1-4-24(18-8-6-5-7-9-18)11-13-28(14-12-24)23-26-19-10-15-31(30)21(19)22(27-23)25-20(16-29)17(2)3/h1,5-9,17,20,29H,10-16H2,2-3H3,(H,25,26,27)/t20-,31?/m0/s1. The molecule has 6 nitrogen and oxygen atoms in total. The van der Waals surface area contributed by atoms with Gasteiger partial charge in [-0.05, 0) is 24.3 Å². The number of anilines is 2. The molecule has 0 radical (unpaired) electrons. The summed E-state index contributed by atoms with van der Waals surface area (Å²) in [4.78, 5) is 12.4. The van der Waals surface area contributed by atoms with E-state index in [1.54, 1.807) is 0 Å². The molecule has 0 aliphatic carbocycles. The van der Waals surface area contributed by atoms with Gasteiger partial charge in [0.15, 0.2) is 0 Å². The summed E-state index contributed by atoms with van der Waals surface area (Å²) in [7, 11) is -1.11. The smallest absolute Gasteiger partial charge is 0.227 e. The second kappa shape index (κ2) is 8.97. The lowest BCUT2D eigenvalue weighted by molar-refractivity contribution is 0.249. The number of hydrogen-bond acceptors (Lipinski definition) is 6. The van der Waals surface area contributed by atoms with Crippen LogP contribution in [0.2, 0.25) is 0 Å². The van der Waals surface area contributed by atoms with E-state index in [9.17, 15) is 9.32 Å². The molecule has 7 heteroatoms. The Labute approximate surface area is 187 Å². The Hall–Kier alpha value is -2.43. The van der Waals surface area contributed by atoms with Gasteiger partial charge in [0.05, 0.1) is 34.6 Å². The van der Waals surface area contributed by atoms with Gasteiger partial charge in [-0.2, -0.15) is 4.98 Å². The molecule has 2 aliphatic heterocycles. The van der Waals surface area contributed by atoms with Crippen molar-refractivity contribution in [3.8, 4) is 12.3 Å². The zero-order valence-corrected chi connectivity index (χ0v) is 19.0. The molecular formula is C24H30N4O2S. The fourth-order valence-corrected chi connectivity index (χ4v) is 5.70. The molecule has 2 N–H and O–H groups in total. The molecule has 31 heavy (non-hydrogen) atoms. The van der Waals surface area contributed by atoms with E-state index in [-0.39, 0.29) is 24.0 Å². The van der Waals surface area contributed by atoms with Gasteiger partial charge in [-0.15, -0.1) is 6.42 Å². The molecule has 164 valence electrons. The van der Waals surface area contributed by atoms with Gasteiger partial charge in [0, 0.05) is 25.3 Å². The zero-order valence-electron chi connectivity index (χ0n) is 18.2. The van der Waals surface area contributed by atoms with Gasteiger partial charge in [-0.25, -0.2) is 4.98 Å². The van der Waals surface area contributed by atoms with E-state index in [1.165, 1.54) is 5.56 Å². The normalized spacial score (nSPS) is 20.9. The number of aliphatic hydroxyl groups excluding tert-OH is 1. The number of aliphatic hydroxyl groups is 1. The molecule has 2 aliphatic rings. The molecule has 1 aromatic heterocycles. The summed E-state index contributed by atoms with van der Waals surface area (Å²) in [5.74, 6) is 5.10. The van der Waals surface area contributed by atoms with E-state index in [4.69, 9.17) is 16.4 Å². The van der Waals surface area contributed by atoms with Crippen LogP contribution in [0, 0.1) is 18.3 Å². The van der Waals surface area contributed by atoms with Crippen molar-refractivity contribution in [2.24, 2.45) is 5.92 Å². The third-order valence-corrected chi connectivity index (χ3v) is 7.96. The molecule has 1 fully saturated rings. The Kier molecular flexibility index (Phi) is 6.31. The first-order valence-electron chi connectivity index (χ1n) is 10.9. The number of piperidine rings is 1. The second-order valence-corrected chi connectivity index (χ2v) is 10.2. The van der Waals surface area contributed by atoms with Crippen molar-refractivity contribution in [3.63, 3.8) is 0 Å². The van der Waals surface area contributed by atoms with Crippen molar-refractivity contribution in [2.75, 3.05) is 35.7 Å². The Morgan fingerprint density at radius 3 is 2.58 bits per heavy atom.